The summed E-state index contributed by atoms with van der Waals surface area (Å²) in [5.74, 6) is 0.314. The number of rotatable bonds is 6. The van der Waals surface area contributed by atoms with Crippen molar-refractivity contribution in [2.24, 2.45) is 0 Å². The van der Waals surface area contributed by atoms with Crippen molar-refractivity contribution < 1.29 is 15.0 Å². The van der Waals surface area contributed by atoms with Gasteiger partial charge in [-0.1, -0.05) is 6.92 Å². The Morgan fingerprint density at radius 1 is 0.882 bits per heavy atom. The Morgan fingerprint density at radius 3 is 2.24 bits per heavy atom. The topological polar surface area (TPSA) is 64.0 Å². The molecule has 1 aliphatic rings. The van der Waals surface area contributed by atoms with Crippen molar-refractivity contribution in [2.75, 3.05) is 37.6 Å². The molecule has 2 heterocycles. The van der Waals surface area contributed by atoms with Gasteiger partial charge < -0.3 is 15.1 Å². The van der Waals surface area contributed by atoms with Gasteiger partial charge in [-0.15, -0.1) is 11.3 Å². The van der Waals surface area contributed by atoms with Crippen LogP contribution in [-0.2, 0) is 0 Å². The maximum atomic E-state index is 13.7. The highest BCUT2D eigenvalue weighted by atomic mass is 32.1. The highest BCUT2D eigenvalue weighted by Gasteiger charge is 2.23. The number of carbonyl (C=O) groups is 1. The van der Waals surface area contributed by atoms with Crippen LogP contribution in [0.3, 0.4) is 0 Å². The number of aromatic hydroxyl groups is 2. The molecule has 0 amide bonds. The molecule has 5 nitrogen and oxygen atoms in total. The van der Waals surface area contributed by atoms with Crippen molar-refractivity contribution in [1.29, 1.82) is 0 Å². The summed E-state index contributed by atoms with van der Waals surface area (Å²) >= 11 is 1.47. The van der Waals surface area contributed by atoms with E-state index in [-0.39, 0.29) is 17.3 Å². The number of phenols is 2. The predicted molar refractivity (Wildman–Crippen MR) is 139 cm³/mol. The number of piperazine rings is 1. The second kappa shape index (κ2) is 9.49. The Morgan fingerprint density at radius 2 is 1.56 bits per heavy atom. The summed E-state index contributed by atoms with van der Waals surface area (Å²) in [6.07, 6.45) is 1.18. The predicted octanol–water partition coefficient (Wildman–Crippen LogP) is 5.74. The molecule has 1 aromatic heterocycles. The molecule has 1 aliphatic heterocycles. The van der Waals surface area contributed by atoms with Gasteiger partial charge in [0.05, 0.1) is 0 Å². The van der Waals surface area contributed by atoms with E-state index in [1.165, 1.54) is 17.8 Å². The number of fused-ring (bicyclic) bond motifs is 1. The summed E-state index contributed by atoms with van der Waals surface area (Å²) in [6.45, 7) is 7.50. The van der Waals surface area contributed by atoms with Gasteiger partial charge in [-0.05, 0) is 85.3 Å². The summed E-state index contributed by atoms with van der Waals surface area (Å²) < 4.78 is 0.855. The van der Waals surface area contributed by atoms with Crippen LogP contribution in [0, 0.1) is 0 Å². The van der Waals surface area contributed by atoms with Gasteiger partial charge in [-0.25, -0.2) is 0 Å². The zero-order chi connectivity index (χ0) is 23.7. The third-order valence-electron chi connectivity index (χ3n) is 6.44. The van der Waals surface area contributed by atoms with Crippen LogP contribution < -0.4 is 4.90 Å². The van der Waals surface area contributed by atoms with Gasteiger partial charge in [0, 0.05) is 58.0 Å². The van der Waals surface area contributed by atoms with Crippen molar-refractivity contribution in [3.8, 4) is 21.9 Å². The maximum Gasteiger partial charge on any atom is 0.195 e. The second-order valence-corrected chi connectivity index (χ2v) is 9.79. The maximum absolute atomic E-state index is 13.7. The largest absolute Gasteiger partial charge is 0.508 e. The van der Waals surface area contributed by atoms with Crippen molar-refractivity contribution in [3.05, 3.63) is 77.9 Å². The van der Waals surface area contributed by atoms with Gasteiger partial charge in [0.2, 0.25) is 0 Å². The molecule has 2 N–H and O–H groups in total. The van der Waals surface area contributed by atoms with E-state index in [2.05, 4.69) is 16.7 Å². The number of thiophene rings is 1. The molecule has 0 bridgehead atoms. The Kier molecular flexibility index (Phi) is 6.26. The highest BCUT2D eigenvalue weighted by Crippen LogP contribution is 2.41. The van der Waals surface area contributed by atoms with Crippen LogP contribution in [0.15, 0.2) is 66.7 Å². The number of anilines is 1. The number of nitrogens with zero attached hydrogens (tertiary/aromatic N) is 2. The molecule has 5 rings (SSSR count). The fourth-order valence-electron chi connectivity index (χ4n) is 4.64. The summed E-state index contributed by atoms with van der Waals surface area (Å²) in [7, 11) is 0. The van der Waals surface area contributed by atoms with Crippen LogP contribution in [-0.4, -0.2) is 53.6 Å². The Bertz CT molecular complexity index is 1300. The average molecular weight is 473 g/mol. The highest BCUT2D eigenvalue weighted by molar-refractivity contribution is 7.22. The van der Waals surface area contributed by atoms with E-state index >= 15 is 0 Å². The number of hydrogen-bond donors (Lipinski definition) is 2. The lowest BCUT2D eigenvalue weighted by Crippen LogP contribution is -2.46. The lowest BCUT2D eigenvalue weighted by Gasteiger charge is -2.36. The quantitative estimate of drug-likeness (QED) is 0.350. The SMILES string of the molecule is CCCN1CCN(c2ccc(C(=O)c3c(-c4ccc(O)cc4)sc4cc(O)ccc34)cc2)CC1. The van der Waals surface area contributed by atoms with Crippen molar-refractivity contribution in [2.45, 2.75) is 13.3 Å². The standard InChI is InChI=1S/C28H28N2O3S/c1-2-13-29-14-16-30(17-15-29)21-7-3-19(4-8-21)27(33)26-24-12-11-23(32)18-25(24)34-28(26)20-5-9-22(31)10-6-20/h3-12,18,31-32H,2,13-17H2,1H3. The van der Waals surface area contributed by atoms with Gasteiger partial charge in [0.25, 0.3) is 0 Å². The molecule has 0 saturated carbocycles. The first kappa shape index (κ1) is 22.4. The van der Waals surface area contributed by atoms with Gasteiger partial charge in [-0.3, -0.25) is 9.69 Å². The van der Waals surface area contributed by atoms with Crippen molar-refractivity contribution in [3.63, 3.8) is 0 Å². The molecule has 3 aromatic carbocycles. The molecule has 6 heteroatoms. The second-order valence-electron chi connectivity index (χ2n) is 8.74. The first-order valence-electron chi connectivity index (χ1n) is 11.7. The normalized spacial score (nSPS) is 14.6. The molecule has 174 valence electrons. The molecule has 0 aliphatic carbocycles. The molecular weight excluding hydrogens is 444 g/mol. The molecule has 0 spiro atoms. The Balaban J connectivity index is 1.46. The van der Waals surface area contributed by atoms with E-state index in [1.807, 2.05) is 42.5 Å². The molecule has 34 heavy (non-hydrogen) atoms. The average Bonchev–Trinajstić information content (AvgIpc) is 3.23. The number of ketones is 1. The van der Waals surface area contributed by atoms with E-state index in [0.717, 1.165) is 58.9 Å². The van der Waals surface area contributed by atoms with E-state index in [1.54, 1.807) is 24.3 Å². The third kappa shape index (κ3) is 4.39. The van der Waals surface area contributed by atoms with E-state index in [4.69, 9.17) is 0 Å². The molecule has 0 unspecified atom stereocenters. The monoisotopic (exact) mass is 472 g/mol. The lowest BCUT2D eigenvalue weighted by molar-refractivity contribution is 0.104. The molecule has 1 saturated heterocycles. The number of hydrogen-bond acceptors (Lipinski definition) is 6. The number of carbonyl (C=O) groups excluding carboxylic acids is 1. The van der Waals surface area contributed by atoms with Crippen molar-refractivity contribution >= 4 is 32.9 Å². The molecule has 4 aromatic rings. The van der Waals surface area contributed by atoms with Gasteiger partial charge >= 0.3 is 0 Å². The minimum absolute atomic E-state index is 0.0423. The summed E-state index contributed by atoms with van der Waals surface area (Å²) in [4.78, 5) is 19.5. The van der Waals surface area contributed by atoms with E-state index in [0.29, 0.717) is 11.1 Å². The van der Waals surface area contributed by atoms with Crippen LogP contribution in [0.2, 0.25) is 0 Å². The van der Waals surface area contributed by atoms with Gasteiger partial charge in [0.1, 0.15) is 11.5 Å². The van der Waals surface area contributed by atoms with Crippen LogP contribution in [0.5, 0.6) is 11.5 Å². The van der Waals surface area contributed by atoms with Crippen LogP contribution >= 0.6 is 11.3 Å². The summed E-state index contributed by atoms with van der Waals surface area (Å²) in [5.41, 5.74) is 3.28. The van der Waals surface area contributed by atoms with Gasteiger partial charge in [-0.2, -0.15) is 0 Å². The first-order chi connectivity index (χ1) is 16.5. The molecule has 0 atom stereocenters. The molecule has 0 radical (unpaired) electrons. The smallest absolute Gasteiger partial charge is 0.195 e. The summed E-state index contributed by atoms with van der Waals surface area (Å²) in [6, 6.07) is 19.9. The molecular formula is C28H28N2O3S. The Hall–Kier alpha value is -3.35. The van der Waals surface area contributed by atoms with Crippen LogP contribution in [0.25, 0.3) is 20.5 Å². The Labute approximate surface area is 203 Å². The fourth-order valence-corrected chi connectivity index (χ4v) is 5.88. The fraction of sp³-hybridized carbons (Fsp3) is 0.250. The number of phenolic OH excluding ortho intramolecular Hbond substituents is 2. The number of benzene rings is 3. The van der Waals surface area contributed by atoms with E-state index in [9.17, 15) is 15.0 Å². The van der Waals surface area contributed by atoms with Crippen LogP contribution in [0.1, 0.15) is 29.3 Å². The minimum Gasteiger partial charge on any atom is -0.508 e. The van der Waals surface area contributed by atoms with Gasteiger partial charge in [0.15, 0.2) is 5.78 Å². The van der Waals surface area contributed by atoms with Crippen LogP contribution in [0.4, 0.5) is 5.69 Å². The molecule has 1 fully saturated rings. The first-order valence-corrected chi connectivity index (χ1v) is 12.5. The summed E-state index contributed by atoms with van der Waals surface area (Å²) in [5, 5.41) is 20.5. The third-order valence-corrected chi connectivity index (χ3v) is 7.64. The zero-order valence-corrected chi connectivity index (χ0v) is 20.0. The lowest BCUT2D eigenvalue weighted by atomic mass is 9.97. The van der Waals surface area contributed by atoms with Crippen molar-refractivity contribution in [1.82, 2.24) is 4.90 Å². The van der Waals surface area contributed by atoms with E-state index < -0.39 is 0 Å². The minimum atomic E-state index is -0.0423. The zero-order valence-electron chi connectivity index (χ0n) is 19.2.